The summed E-state index contributed by atoms with van der Waals surface area (Å²) in [6.07, 6.45) is 0. The van der Waals surface area contributed by atoms with Gasteiger partial charge in [-0.1, -0.05) is 119 Å². The smallest absolute Gasteiger partial charge is 0.151 e. The van der Waals surface area contributed by atoms with E-state index in [-0.39, 0.29) is 10.8 Å². The van der Waals surface area contributed by atoms with Crippen molar-refractivity contribution in [2.75, 3.05) is 9.80 Å². The number of fused-ring (bicyclic) bond motifs is 10. The minimum absolute atomic E-state index is 0.116. The van der Waals surface area contributed by atoms with Crippen LogP contribution in [0.5, 0.6) is 11.5 Å². The number of hydrogen-bond acceptors (Lipinski definition) is 4. The highest BCUT2D eigenvalue weighted by Crippen LogP contribution is 2.61. The Kier molecular flexibility index (Phi) is 5.95. The van der Waals surface area contributed by atoms with Gasteiger partial charge in [-0.05, 0) is 88.0 Å². The predicted molar refractivity (Wildman–Crippen MR) is 218 cm³/mol. The molecule has 0 unspecified atom stereocenters. The van der Waals surface area contributed by atoms with Gasteiger partial charge in [0.05, 0.1) is 27.4 Å². The average Bonchev–Trinajstić information content (AvgIpc) is 3.66. The average molecular weight is 689 g/mol. The fraction of sp³-hybridized carbons (Fsp3) is 0.125. The number of para-hydroxylation sites is 3. The summed E-state index contributed by atoms with van der Waals surface area (Å²) in [6, 6.07) is 53.6. The van der Waals surface area contributed by atoms with Crippen molar-refractivity contribution in [3.8, 4) is 22.6 Å². The first-order chi connectivity index (χ1) is 25.3. The van der Waals surface area contributed by atoms with Crippen molar-refractivity contribution in [3.63, 3.8) is 0 Å². The molecule has 1 aromatic heterocycles. The molecule has 0 radical (unpaired) electrons. The SMILES string of the molecule is CC1(C)c2ccccc2-c2ccc(N(c3ccc4c(c3)N3c5ccccc5Oc5cccc(c53)C4(C)C)c3cccc4c3sc3ccccc34)cc21. The molecule has 3 aliphatic rings. The third-order valence-corrected chi connectivity index (χ3v) is 13.0. The normalized spacial score (nSPS) is 15.3. The fourth-order valence-electron chi connectivity index (χ4n) is 9.24. The van der Waals surface area contributed by atoms with E-state index in [1.54, 1.807) is 0 Å². The second kappa shape index (κ2) is 10.4. The van der Waals surface area contributed by atoms with Crippen LogP contribution >= 0.6 is 11.3 Å². The lowest BCUT2D eigenvalue weighted by Gasteiger charge is -2.45. The van der Waals surface area contributed by atoms with E-state index in [0.29, 0.717) is 0 Å². The van der Waals surface area contributed by atoms with Crippen molar-refractivity contribution >= 4 is 65.6 Å². The molecule has 250 valence electrons. The van der Waals surface area contributed by atoms with Crippen LogP contribution in [0.2, 0.25) is 0 Å². The fourth-order valence-corrected chi connectivity index (χ4v) is 10.4. The van der Waals surface area contributed by atoms with Crippen molar-refractivity contribution < 1.29 is 4.74 Å². The lowest BCUT2D eigenvalue weighted by atomic mass is 9.73. The number of ether oxygens (including phenoxy) is 1. The molecule has 0 atom stereocenters. The van der Waals surface area contributed by atoms with Crippen molar-refractivity contribution in [2.24, 2.45) is 0 Å². The van der Waals surface area contributed by atoms with Gasteiger partial charge in [-0.25, -0.2) is 0 Å². The van der Waals surface area contributed by atoms with E-state index in [2.05, 4.69) is 183 Å². The number of nitrogens with zero attached hydrogens (tertiary/aromatic N) is 2. The standard InChI is InChI=1S/C48H36N2OS/c1-47(2)35-16-7-5-13-31(35)32-25-23-29(27-38(32)47)49(40-19-11-15-34-33-14-6-10-22-44(33)52-46(34)40)30-24-26-36-41(28-30)50-39-18-8-9-20-42(39)51-43-21-12-17-37(45(43)50)48(36,3)4/h5-28H,1-4H3. The quantitative estimate of drug-likeness (QED) is 0.184. The van der Waals surface area contributed by atoms with Gasteiger partial charge in [0.2, 0.25) is 0 Å². The summed E-state index contributed by atoms with van der Waals surface area (Å²) in [5.74, 6) is 1.77. The molecule has 2 aliphatic heterocycles. The third-order valence-electron chi connectivity index (χ3n) is 11.8. The van der Waals surface area contributed by atoms with Crippen LogP contribution in [0.25, 0.3) is 31.3 Å². The van der Waals surface area contributed by atoms with Crippen LogP contribution in [-0.4, -0.2) is 0 Å². The molecule has 0 bridgehead atoms. The highest BCUT2D eigenvalue weighted by Gasteiger charge is 2.42. The molecule has 0 saturated heterocycles. The summed E-state index contributed by atoms with van der Waals surface area (Å²) in [7, 11) is 0. The Bertz CT molecular complexity index is 2810. The Balaban J connectivity index is 1.18. The van der Waals surface area contributed by atoms with Gasteiger partial charge < -0.3 is 14.5 Å². The van der Waals surface area contributed by atoms with Gasteiger partial charge in [-0.3, -0.25) is 0 Å². The van der Waals surface area contributed by atoms with Crippen LogP contribution in [0.1, 0.15) is 49.9 Å². The lowest BCUT2D eigenvalue weighted by molar-refractivity contribution is 0.471. The van der Waals surface area contributed by atoms with Gasteiger partial charge in [0.15, 0.2) is 11.5 Å². The summed E-state index contributed by atoms with van der Waals surface area (Å²) >= 11 is 1.88. The van der Waals surface area contributed by atoms with Crippen molar-refractivity contribution in [1.29, 1.82) is 0 Å². The predicted octanol–water partition coefficient (Wildman–Crippen LogP) is 14.0. The van der Waals surface area contributed by atoms with Crippen LogP contribution in [0.3, 0.4) is 0 Å². The summed E-state index contributed by atoms with van der Waals surface area (Å²) < 4.78 is 9.15. The molecule has 8 aromatic rings. The van der Waals surface area contributed by atoms with Crippen LogP contribution in [0, 0.1) is 0 Å². The zero-order valence-corrected chi connectivity index (χ0v) is 30.4. The van der Waals surface area contributed by atoms with E-state index in [1.807, 2.05) is 11.3 Å². The first-order valence-corrected chi connectivity index (χ1v) is 18.9. The second-order valence-corrected chi connectivity index (χ2v) is 16.4. The molecule has 0 spiro atoms. The maximum atomic E-state index is 6.56. The number of benzene rings is 7. The molecule has 7 aromatic carbocycles. The highest BCUT2D eigenvalue weighted by atomic mass is 32.1. The van der Waals surface area contributed by atoms with E-state index < -0.39 is 0 Å². The van der Waals surface area contributed by atoms with Gasteiger partial charge >= 0.3 is 0 Å². The minimum Gasteiger partial charge on any atom is -0.453 e. The number of anilines is 6. The molecule has 3 nitrogen and oxygen atoms in total. The molecule has 0 amide bonds. The molecule has 52 heavy (non-hydrogen) atoms. The molecule has 1 aliphatic carbocycles. The van der Waals surface area contributed by atoms with E-state index >= 15 is 0 Å². The molecule has 11 rings (SSSR count). The van der Waals surface area contributed by atoms with E-state index in [0.717, 1.165) is 34.2 Å². The Morgan fingerprint density at radius 1 is 0.519 bits per heavy atom. The summed E-state index contributed by atoms with van der Waals surface area (Å²) in [4.78, 5) is 4.94. The molecule has 3 heterocycles. The monoisotopic (exact) mass is 688 g/mol. The summed E-state index contributed by atoms with van der Waals surface area (Å²) in [5, 5.41) is 2.59. The molecule has 0 N–H and O–H groups in total. The number of rotatable bonds is 3. The summed E-state index contributed by atoms with van der Waals surface area (Å²) in [5.41, 5.74) is 14.5. The Labute approximate surface area is 308 Å². The van der Waals surface area contributed by atoms with E-state index in [1.165, 1.54) is 64.9 Å². The molecule has 0 fully saturated rings. The Morgan fingerprint density at radius 3 is 2.12 bits per heavy atom. The van der Waals surface area contributed by atoms with Crippen molar-refractivity contribution in [2.45, 2.75) is 38.5 Å². The Morgan fingerprint density at radius 2 is 1.19 bits per heavy atom. The Hall–Kier alpha value is -5.84. The van der Waals surface area contributed by atoms with Crippen LogP contribution < -0.4 is 14.5 Å². The first-order valence-electron chi connectivity index (χ1n) is 18.1. The number of thiophene rings is 1. The lowest BCUT2D eigenvalue weighted by Crippen LogP contribution is -2.32. The molecule has 0 saturated carbocycles. The van der Waals surface area contributed by atoms with E-state index in [4.69, 9.17) is 4.74 Å². The van der Waals surface area contributed by atoms with Crippen LogP contribution in [0.15, 0.2) is 146 Å². The van der Waals surface area contributed by atoms with Gasteiger partial charge in [0.25, 0.3) is 0 Å². The van der Waals surface area contributed by atoms with Crippen molar-refractivity contribution in [1.82, 2.24) is 0 Å². The van der Waals surface area contributed by atoms with Gasteiger partial charge in [-0.2, -0.15) is 0 Å². The largest absolute Gasteiger partial charge is 0.453 e. The zero-order valence-electron chi connectivity index (χ0n) is 29.6. The highest BCUT2D eigenvalue weighted by molar-refractivity contribution is 7.26. The topological polar surface area (TPSA) is 15.7 Å². The minimum atomic E-state index is -0.231. The maximum absolute atomic E-state index is 6.56. The van der Waals surface area contributed by atoms with Crippen LogP contribution in [0.4, 0.5) is 34.1 Å². The summed E-state index contributed by atoms with van der Waals surface area (Å²) in [6.45, 7) is 9.42. The molecular weight excluding hydrogens is 653 g/mol. The third kappa shape index (κ3) is 3.90. The first kappa shape index (κ1) is 29.8. The maximum Gasteiger partial charge on any atom is 0.151 e. The second-order valence-electron chi connectivity index (χ2n) is 15.4. The van der Waals surface area contributed by atoms with Gasteiger partial charge in [-0.15, -0.1) is 11.3 Å². The van der Waals surface area contributed by atoms with Crippen molar-refractivity contribution in [3.05, 3.63) is 168 Å². The zero-order chi connectivity index (χ0) is 34.9. The molecule has 4 heteroatoms. The van der Waals surface area contributed by atoms with E-state index in [9.17, 15) is 0 Å². The van der Waals surface area contributed by atoms with Crippen LogP contribution in [-0.2, 0) is 10.8 Å². The van der Waals surface area contributed by atoms with Gasteiger partial charge in [0.1, 0.15) is 0 Å². The van der Waals surface area contributed by atoms with Gasteiger partial charge in [0, 0.05) is 37.7 Å². The number of hydrogen-bond donors (Lipinski definition) is 0. The molecular formula is C48H36N2OS.